The Hall–Kier alpha value is -1.76. The maximum absolute atomic E-state index is 11.6. The number of hydrogen-bond acceptors (Lipinski definition) is 5. The van der Waals surface area contributed by atoms with E-state index in [4.69, 9.17) is 0 Å². The van der Waals surface area contributed by atoms with Crippen molar-refractivity contribution in [3.05, 3.63) is 23.8 Å². The summed E-state index contributed by atoms with van der Waals surface area (Å²) in [6.07, 6.45) is 0. The Kier molecular flexibility index (Phi) is 4.55. The summed E-state index contributed by atoms with van der Waals surface area (Å²) in [4.78, 5) is 11.1. The standard InChI is InChI=1S/C11H15NO5S/c1-3-17-11(14)7-18(15,16)12-9-5-4-8(2)10(13)6-9/h4-6,12-13H,3,7H2,1-2H3. The van der Waals surface area contributed by atoms with Crippen molar-refractivity contribution in [2.75, 3.05) is 17.1 Å². The third kappa shape index (κ3) is 4.25. The van der Waals surface area contributed by atoms with E-state index in [1.54, 1.807) is 19.9 Å². The van der Waals surface area contributed by atoms with Gasteiger partial charge in [0, 0.05) is 6.07 Å². The van der Waals surface area contributed by atoms with Crippen LogP contribution in [0, 0.1) is 6.92 Å². The summed E-state index contributed by atoms with van der Waals surface area (Å²) in [5.41, 5.74) is 0.825. The molecule has 0 saturated carbocycles. The number of hydrogen-bond donors (Lipinski definition) is 2. The number of nitrogens with one attached hydrogen (secondary N) is 1. The summed E-state index contributed by atoms with van der Waals surface area (Å²) in [7, 11) is -3.82. The number of rotatable bonds is 5. The van der Waals surface area contributed by atoms with Gasteiger partial charge in [-0.05, 0) is 25.5 Å². The minimum Gasteiger partial charge on any atom is -0.508 e. The predicted molar refractivity (Wildman–Crippen MR) is 66.9 cm³/mol. The monoisotopic (exact) mass is 273 g/mol. The topological polar surface area (TPSA) is 92.7 Å². The molecule has 0 heterocycles. The van der Waals surface area contributed by atoms with E-state index in [9.17, 15) is 18.3 Å². The maximum Gasteiger partial charge on any atom is 0.323 e. The number of phenols is 1. The number of aromatic hydroxyl groups is 1. The molecule has 0 saturated heterocycles. The Morgan fingerprint density at radius 2 is 2.11 bits per heavy atom. The molecule has 0 aromatic heterocycles. The van der Waals surface area contributed by atoms with Gasteiger partial charge in [-0.15, -0.1) is 0 Å². The molecule has 0 amide bonds. The molecular formula is C11H15NO5S. The summed E-state index contributed by atoms with van der Waals surface area (Å²) in [5.74, 6) is -1.59. The van der Waals surface area contributed by atoms with Crippen molar-refractivity contribution in [1.29, 1.82) is 0 Å². The number of anilines is 1. The van der Waals surface area contributed by atoms with Crippen LogP contribution in [-0.2, 0) is 19.6 Å². The van der Waals surface area contributed by atoms with Gasteiger partial charge in [-0.2, -0.15) is 0 Å². The van der Waals surface area contributed by atoms with Crippen LogP contribution < -0.4 is 4.72 Å². The molecule has 2 N–H and O–H groups in total. The van der Waals surface area contributed by atoms with Crippen LogP contribution in [-0.4, -0.2) is 31.9 Å². The Bertz CT molecular complexity index is 538. The summed E-state index contributed by atoms with van der Waals surface area (Å²) < 4.78 is 29.9. The highest BCUT2D eigenvalue weighted by atomic mass is 32.2. The van der Waals surface area contributed by atoms with Crippen molar-refractivity contribution in [2.24, 2.45) is 0 Å². The number of carbonyl (C=O) groups is 1. The van der Waals surface area contributed by atoms with E-state index >= 15 is 0 Å². The second kappa shape index (κ2) is 5.72. The Balaban J connectivity index is 2.76. The van der Waals surface area contributed by atoms with Crippen LogP contribution >= 0.6 is 0 Å². The Morgan fingerprint density at radius 3 is 2.67 bits per heavy atom. The largest absolute Gasteiger partial charge is 0.508 e. The molecule has 0 unspecified atom stereocenters. The van der Waals surface area contributed by atoms with Crippen LogP contribution in [0.4, 0.5) is 5.69 Å². The SMILES string of the molecule is CCOC(=O)CS(=O)(=O)Nc1ccc(C)c(O)c1. The maximum atomic E-state index is 11.6. The first-order chi connectivity index (χ1) is 8.34. The average Bonchev–Trinajstić information content (AvgIpc) is 2.22. The molecule has 1 aromatic rings. The van der Waals surface area contributed by atoms with Gasteiger partial charge in [0.2, 0.25) is 10.0 Å². The van der Waals surface area contributed by atoms with Crippen molar-refractivity contribution in [3.8, 4) is 5.75 Å². The Morgan fingerprint density at radius 1 is 1.44 bits per heavy atom. The Labute approximate surface area is 106 Å². The molecule has 0 spiro atoms. The molecule has 0 aliphatic heterocycles. The number of carbonyl (C=O) groups excluding carboxylic acids is 1. The summed E-state index contributed by atoms with van der Waals surface area (Å²) >= 11 is 0. The lowest BCUT2D eigenvalue weighted by Gasteiger charge is -2.08. The van der Waals surface area contributed by atoms with Crippen molar-refractivity contribution in [3.63, 3.8) is 0 Å². The van der Waals surface area contributed by atoms with E-state index in [0.29, 0.717) is 5.56 Å². The first kappa shape index (κ1) is 14.3. The summed E-state index contributed by atoms with van der Waals surface area (Å²) in [5, 5.41) is 9.44. The fourth-order valence-electron chi connectivity index (χ4n) is 1.25. The van der Waals surface area contributed by atoms with Crippen LogP contribution in [0.2, 0.25) is 0 Å². The van der Waals surface area contributed by atoms with E-state index in [-0.39, 0.29) is 18.0 Å². The van der Waals surface area contributed by atoms with E-state index < -0.39 is 21.7 Å². The predicted octanol–water partition coefficient (Wildman–Crippen LogP) is 1.01. The van der Waals surface area contributed by atoms with Crippen molar-refractivity contribution in [2.45, 2.75) is 13.8 Å². The molecular weight excluding hydrogens is 258 g/mol. The highest BCUT2D eigenvalue weighted by Crippen LogP contribution is 2.21. The molecule has 0 bridgehead atoms. The summed E-state index contributed by atoms with van der Waals surface area (Å²) in [6, 6.07) is 4.34. The lowest BCUT2D eigenvalue weighted by Crippen LogP contribution is -2.24. The molecule has 0 atom stereocenters. The van der Waals surface area contributed by atoms with Gasteiger partial charge < -0.3 is 9.84 Å². The fourth-order valence-corrected chi connectivity index (χ4v) is 2.20. The number of aryl methyl sites for hydroxylation is 1. The first-order valence-corrected chi connectivity index (χ1v) is 6.95. The molecule has 6 nitrogen and oxygen atoms in total. The lowest BCUT2D eigenvalue weighted by molar-refractivity contribution is -0.139. The molecule has 0 aliphatic carbocycles. The quantitative estimate of drug-likeness (QED) is 0.781. The van der Waals surface area contributed by atoms with Gasteiger partial charge in [0.05, 0.1) is 12.3 Å². The first-order valence-electron chi connectivity index (χ1n) is 5.30. The number of ether oxygens (including phenoxy) is 1. The van der Waals surface area contributed by atoms with Crippen LogP contribution in [0.15, 0.2) is 18.2 Å². The van der Waals surface area contributed by atoms with Crippen molar-refractivity contribution in [1.82, 2.24) is 0 Å². The highest BCUT2D eigenvalue weighted by molar-refractivity contribution is 7.93. The number of sulfonamides is 1. The van der Waals surface area contributed by atoms with E-state index in [0.717, 1.165) is 0 Å². The average molecular weight is 273 g/mol. The van der Waals surface area contributed by atoms with Crippen LogP contribution in [0.1, 0.15) is 12.5 Å². The third-order valence-electron chi connectivity index (χ3n) is 2.10. The fraction of sp³-hybridized carbons (Fsp3) is 0.364. The van der Waals surface area contributed by atoms with Gasteiger partial charge in [0.15, 0.2) is 5.75 Å². The van der Waals surface area contributed by atoms with Crippen LogP contribution in [0.5, 0.6) is 5.75 Å². The van der Waals surface area contributed by atoms with Gasteiger partial charge in [0.1, 0.15) is 5.75 Å². The summed E-state index contributed by atoms with van der Waals surface area (Å²) in [6.45, 7) is 3.40. The van der Waals surface area contributed by atoms with Gasteiger partial charge in [-0.1, -0.05) is 6.07 Å². The van der Waals surface area contributed by atoms with Gasteiger partial charge in [-0.3, -0.25) is 9.52 Å². The van der Waals surface area contributed by atoms with E-state index in [2.05, 4.69) is 9.46 Å². The number of esters is 1. The normalized spacial score (nSPS) is 11.0. The minimum atomic E-state index is -3.82. The third-order valence-corrected chi connectivity index (χ3v) is 3.26. The molecule has 0 radical (unpaired) electrons. The van der Waals surface area contributed by atoms with Gasteiger partial charge >= 0.3 is 5.97 Å². The van der Waals surface area contributed by atoms with E-state index in [1.165, 1.54) is 12.1 Å². The molecule has 18 heavy (non-hydrogen) atoms. The zero-order chi connectivity index (χ0) is 13.8. The zero-order valence-electron chi connectivity index (χ0n) is 10.1. The molecule has 100 valence electrons. The van der Waals surface area contributed by atoms with Crippen LogP contribution in [0.3, 0.4) is 0 Å². The molecule has 0 fully saturated rings. The number of benzene rings is 1. The molecule has 7 heteroatoms. The van der Waals surface area contributed by atoms with Crippen molar-refractivity contribution < 1.29 is 23.1 Å². The second-order valence-corrected chi connectivity index (χ2v) is 5.39. The van der Waals surface area contributed by atoms with Gasteiger partial charge in [-0.25, -0.2) is 8.42 Å². The smallest absolute Gasteiger partial charge is 0.323 e. The van der Waals surface area contributed by atoms with Crippen molar-refractivity contribution >= 4 is 21.7 Å². The van der Waals surface area contributed by atoms with Gasteiger partial charge in [0.25, 0.3) is 0 Å². The number of phenolic OH excluding ortho intramolecular Hbond substituents is 1. The molecule has 1 rings (SSSR count). The molecule has 1 aromatic carbocycles. The second-order valence-electron chi connectivity index (χ2n) is 3.67. The lowest BCUT2D eigenvalue weighted by atomic mass is 10.2. The van der Waals surface area contributed by atoms with Crippen LogP contribution in [0.25, 0.3) is 0 Å². The molecule has 0 aliphatic rings. The van der Waals surface area contributed by atoms with E-state index in [1.807, 2.05) is 0 Å². The highest BCUT2D eigenvalue weighted by Gasteiger charge is 2.17. The zero-order valence-corrected chi connectivity index (χ0v) is 11.0. The minimum absolute atomic E-state index is 0.0219.